The molecule has 1 saturated heterocycles. The van der Waals surface area contributed by atoms with Crippen LogP contribution < -0.4 is 10.1 Å². The highest BCUT2D eigenvalue weighted by atomic mass is 16.5. The van der Waals surface area contributed by atoms with Gasteiger partial charge < -0.3 is 15.2 Å². The fourth-order valence-electron chi connectivity index (χ4n) is 4.29. The van der Waals surface area contributed by atoms with E-state index in [9.17, 15) is 14.7 Å². The van der Waals surface area contributed by atoms with Crippen molar-refractivity contribution in [3.8, 4) is 5.75 Å². The number of nitrogens with zero attached hydrogens (tertiary/aromatic N) is 1. The number of hydrogen-bond donors (Lipinski definition) is 2. The van der Waals surface area contributed by atoms with E-state index in [4.69, 9.17) is 4.74 Å². The second-order valence-electron chi connectivity index (χ2n) is 7.49. The second kappa shape index (κ2) is 8.08. The molecule has 0 spiro atoms. The van der Waals surface area contributed by atoms with Gasteiger partial charge in [-0.2, -0.15) is 0 Å². The molecule has 1 saturated carbocycles. The lowest BCUT2D eigenvalue weighted by molar-refractivity contribution is -0.149. The summed E-state index contributed by atoms with van der Waals surface area (Å²) >= 11 is 0. The Morgan fingerprint density at radius 3 is 3.00 bits per heavy atom. The van der Waals surface area contributed by atoms with Crippen molar-refractivity contribution in [1.29, 1.82) is 0 Å². The minimum atomic E-state index is -0.702. The van der Waals surface area contributed by atoms with E-state index in [1.54, 1.807) is 0 Å². The Balaban J connectivity index is 1.49. The molecule has 6 heteroatoms. The number of carboxylic acid groups (broad SMARTS) is 1. The number of hydrogen-bond acceptors (Lipinski definition) is 4. The molecule has 1 aromatic rings. The largest absolute Gasteiger partial charge is 0.494 e. The van der Waals surface area contributed by atoms with E-state index in [1.165, 1.54) is 0 Å². The summed E-state index contributed by atoms with van der Waals surface area (Å²) in [5, 5.41) is 12.6. The van der Waals surface area contributed by atoms with Gasteiger partial charge in [-0.25, -0.2) is 0 Å². The molecular formula is C20H28N2O4. The molecule has 1 aliphatic carbocycles. The number of amides is 1. The van der Waals surface area contributed by atoms with Crippen LogP contribution in [0.5, 0.6) is 5.75 Å². The van der Waals surface area contributed by atoms with Crippen LogP contribution in [-0.2, 0) is 16.1 Å². The summed E-state index contributed by atoms with van der Waals surface area (Å²) < 4.78 is 5.61. The average Bonchev–Trinajstić information content (AvgIpc) is 3.16. The van der Waals surface area contributed by atoms with Crippen molar-refractivity contribution in [2.45, 2.75) is 39.2 Å². The van der Waals surface area contributed by atoms with Crippen LogP contribution in [0.3, 0.4) is 0 Å². The molecule has 142 valence electrons. The van der Waals surface area contributed by atoms with E-state index < -0.39 is 11.4 Å². The molecule has 2 fully saturated rings. The molecule has 0 aromatic heterocycles. The molecule has 0 unspecified atom stereocenters. The summed E-state index contributed by atoms with van der Waals surface area (Å²) in [5.74, 6) is 0.228. The Bertz CT molecular complexity index is 663. The maximum atomic E-state index is 12.3. The summed E-state index contributed by atoms with van der Waals surface area (Å²) in [5.41, 5.74) is 0.359. The van der Waals surface area contributed by atoms with Crippen molar-refractivity contribution in [1.82, 2.24) is 10.2 Å². The van der Waals surface area contributed by atoms with E-state index in [0.717, 1.165) is 37.0 Å². The summed E-state index contributed by atoms with van der Waals surface area (Å²) in [4.78, 5) is 26.0. The van der Waals surface area contributed by atoms with Crippen LogP contribution in [0.4, 0.5) is 0 Å². The summed E-state index contributed by atoms with van der Waals surface area (Å²) in [7, 11) is 0. The van der Waals surface area contributed by atoms with Gasteiger partial charge in [0.1, 0.15) is 5.75 Å². The summed E-state index contributed by atoms with van der Waals surface area (Å²) in [6, 6.07) is 7.73. The topological polar surface area (TPSA) is 78.9 Å². The first-order valence-corrected chi connectivity index (χ1v) is 9.47. The molecule has 0 radical (unpaired) electrons. The number of carboxylic acids is 1. The van der Waals surface area contributed by atoms with Crippen LogP contribution in [0.2, 0.25) is 0 Å². The molecule has 2 atom stereocenters. The minimum Gasteiger partial charge on any atom is -0.494 e. The normalized spacial score (nSPS) is 25.0. The first-order valence-electron chi connectivity index (χ1n) is 9.47. The molecule has 1 amide bonds. The third-order valence-electron chi connectivity index (χ3n) is 5.60. The molecule has 1 heterocycles. The summed E-state index contributed by atoms with van der Waals surface area (Å²) in [6.07, 6.45) is 3.62. The van der Waals surface area contributed by atoms with E-state index in [2.05, 4.69) is 12.2 Å². The number of aliphatic carboxylic acids is 1. The van der Waals surface area contributed by atoms with Crippen molar-refractivity contribution in [2.24, 2.45) is 11.3 Å². The van der Waals surface area contributed by atoms with Crippen molar-refractivity contribution in [3.05, 3.63) is 29.8 Å². The zero-order chi connectivity index (χ0) is 18.6. The van der Waals surface area contributed by atoms with E-state index in [1.807, 2.05) is 29.2 Å². The Labute approximate surface area is 154 Å². The fourth-order valence-corrected chi connectivity index (χ4v) is 4.29. The minimum absolute atomic E-state index is 0.0645. The maximum absolute atomic E-state index is 12.3. The zero-order valence-corrected chi connectivity index (χ0v) is 15.4. The van der Waals surface area contributed by atoms with Crippen LogP contribution in [0.1, 0.15) is 38.2 Å². The second-order valence-corrected chi connectivity index (χ2v) is 7.49. The van der Waals surface area contributed by atoms with Gasteiger partial charge in [-0.05, 0) is 42.9 Å². The molecule has 6 nitrogen and oxygen atoms in total. The lowest BCUT2D eigenvalue weighted by Crippen LogP contribution is -2.39. The molecular weight excluding hydrogens is 332 g/mol. The van der Waals surface area contributed by atoms with Gasteiger partial charge in [-0.1, -0.05) is 25.5 Å². The van der Waals surface area contributed by atoms with Gasteiger partial charge in [0.2, 0.25) is 5.91 Å². The van der Waals surface area contributed by atoms with Crippen molar-refractivity contribution >= 4 is 11.9 Å². The number of likely N-dealkylation sites (tertiary alicyclic amines) is 1. The Morgan fingerprint density at radius 2 is 2.27 bits per heavy atom. The smallest absolute Gasteiger partial charge is 0.311 e. The van der Waals surface area contributed by atoms with Gasteiger partial charge in [0, 0.05) is 19.6 Å². The molecule has 3 rings (SSSR count). The number of rotatable bonds is 8. The Morgan fingerprint density at radius 1 is 1.42 bits per heavy atom. The highest BCUT2D eigenvalue weighted by Crippen LogP contribution is 2.48. The van der Waals surface area contributed by atoms with Gasteiger partial charge >= 0.3 is 5.97 Å². The van der Waals surface area contributed by atoms with Gasteiger partial charge in [-0.15, -0.1) is 0 Å². The molecule has 1 aliphatic heterocycles. The number of carbonyl (C=O) groups is 2. The van der Waals surface area contributed by atoms with Gasteiger partial charge in [-0.3, -0.25) is 14.5 Å². The van der Waals surface area contributed by atoms with Crippen LogP contribution in [0.15, 0.2) is 24.3 Å². The number of benzene rings is 1. The van der Waals surface area contributed by atoms with Crippen molar-refractivity contribution in [2.75, 3.05) is 26.2 Å². The van der Waals surface area contributed by atoms with Gasteiger partial charge in [0.05, 0.1) is 18.6 Å². The summed E-state index contributed by atoms with van der Waals surface area (Å²) in [6.45, 7) is 4.64. The predicted molar refractivity (Wildman–Crippen MR) is 97.9 cm³/mol. The number of ether oxygens (including phenoxy) is 1. The Hall–Kier alpha value is -2.08. The third-order valence-corrected chi connectivity index (χ3v) is 5.60. The quantitative estimate of drug-likeness (QED) is 0.744. The van der Waals surface area contributed by atoms with E-state index in [0.29, 0.717) is 26.2 Å². The number of fused-ring (bicyclic) bond motifs is 1. The average molecular weight is 360 g/mol. The zero-order valence-electron chi connectivity index (χ0n) is 15.4. The van der Waals surface area contributed by atoms with E-state index >= 15 is 0 Å². The standard InChI is InChI=1S/C20H28N2O4/c1-2-9-26-17-7-3-5-15(10-17)11-21-18(23)13-22-12-16-6-4-8-20(16,14-22)19(24)25/h3,5,7,10,16H,2,4,6,8-9,11-14H2,1H3,(H,21,23)(H,24,25)/t16-,20+/m0/s1. The predicted octanol–water partition coefficient (Wildman–Crippen LogP) is 2.28. The van der Waals surface area contributed by atoms with Crippen molar-refractivity contribution < 1.29 is 19.4 Å². The lowest BCUT2D eigenvalue weighted by Gasteiger charge is -2.23. The molecule has 0 bridgehead atoms. The number of nitrogens with one attached hydrogen (secondary N) is 1. The molecule has 1 aromatic carbocycles. The highest BCUT2D eigenvalue weighted by Gasteiger charge is 2.54. The van der Waals surface area contributed by atoms with E-state index in [-0.39, 0.29) is 18.4 Å². The SMILES string of the molecule is CCCOc1cccc(CNC(=O)CN2C[C@@H]3CCC[C@@]3(C(=O)O)C2)c1. The van der Waals surface area contributed by atoms with Gasteiger partial charge in [0.25, 0.3) is 0 Å². The number of carbonyl (C=O) groups excluding carboxylic acids is 1. The van der Waals surface area contributed by atoms with Crippen LogP contribution in [0, 0.1) is 11.3 Å². The first kappa shape index (κ1) is 18.7. The van der Waals surface area contributed by atoms with Crippen LogP contribution >= 0.6 is 0 Å². The lowest BCUT2D eigenvalue weighted by atomic mass is 9.81. The van der Waals surface area contributed by atoms with Gasteiger partial charge in [0.15, 0.2) is 0 Å². The van der Waals surface area contributed by atoms with Crippen molar-refractivity contribution in [3.63, 3.8) is 0 Å². The molecule has 26 heavy (non-hydrogen) atoms. The van der Waals surface area contributed by atoms with Crippen LogP contribution in [0.25, 0.3) is 0 Å². The monoisotopic (exact) mass is 360 g/mol. The third kappa shape index (κ3) is 4.01. The first-order chi connectivity index (χ1) is 12.5. The molecule has 2 aliphatic rings. The highest BCUT2D eigenvalue weighted by molar-refractivity contribution is 5.79. The van der Waals surface area contributed by atoms with Crippen LogP contribution in [-0.4, -0.2) is 48.1 Å². The fraction of sp³-hybridized carbons (Fsp3) is 0.600. The molecule has 2 N–H and O–H groups in total. The Kier molecular flexibility index (Phi) is 5.81. The maximum Gasteiger partial charge on any atom is 0.311 e.